The number of rotatable bonds is 7. The minimum absolute atomic E-state index is 0.0166. The number of nitrogens with one attached hydrogen (secondary N) is 2. The quantitative estimate of drug-likeness (QED) is 0.272. The van der Waals surface area contributed by atoms with Gasteiger partial charge in [-0.15, -0.1) is 11.3 Å². The molecule has 4 rings (SSSR count). The van der Waals surface area contributed by atoms with Gasteiger partial charge in [0.15, 0.2) is 5.13 Å². The van der Waals surface area contributed by atoms with Crippen LogP contribution in [-0.2, 0) is 10.0 Å². The highest BCUT2D eigenvalue weighted by atomic mass is 32.2. The van der Waals surface area contributed by atoms with Gasteiger partial charge in [-0.2, -0.15) is 0 Å². The molecule has 0 saturated carbocycles. The highest BCUT2D eigenvalue weighted by Gasteiger charge is 2.15. The number of benzene rings is 3. The fourth-order valence-corrected chi connectivity index (χ4v) is 4.78. The number of sulfonamides is 1. The van der Waals surface area contributed by atoms with Crippen molar-refractivity contribution in [2.24, 2.45) is 0 Å². The van der Waals surface area contributed by atoms with Crippen molar-refractivity contribution < 1.29 is 18.1 Å². The topological polar surface area (TPSA) is 131 Å². The lowest BCUT2D eigenvalue weighted by Crippen LogP contribution is -2.14. The Morgan fingerprint density at radius 3 is 2.24 bits per heavy atom. The standard InChI is InChI=1S/C23H18N4O5S2/c1-15-2-12-20(13-3-15)34(31,32)26-18-8-4-17(5-9-18)22(28)25-23-24-21(14-33-23)16-6-10-19(11-7-16)27(29)30/h2-14,26H,1H3,(H,24,25,28). The summed E-state index contributed by atoms with van der Waals surface area (Å²) in [5.41, 5.74) is 2.85. The van der Waals surface area contributed by atoms with Crippen LogP contribution in [0, 0.1) is 17.0 Å². The molecule has 9 nitrogen and oxygen atoms in total. The first-order valence-electron chi connectivity index (χ1n) is 9.92. The van der Waals surface area contributed by atoms with E-state index in [9.17, 15) is 23.3 Å². The first-order chi connectivity index (χ1) is 16.2. The highest BCUT2D eigenvalue weighted by Crippen LogP contribution is 2.27. The van der Waals surface area contributed by atoms with E-state index in [-0.39, 0.29) is 10.6 Å². The number of non-ortho nitro benzene ring substituents is 1. The lowest BCUT2D eigenvalue weighted by atomic mass is 10.1. The molecule has 0 radical (unpaired) electrons. The molecule has 0 spiro atoms. The molecule has 1 amide bonds. The minimum Gasteiger partial charge on any atom is -0.298 e. The second kappa shape index (κ2) is 9.41. The Kier molecular flexibility index (Phi) is 6.39. The Morgan fingerprint density at radius 2 is 1.62 bits per heavy atom. The Balaban J connectivity index is 1.41. The molecule has 172 valence electrons. The van der Waals surface area contributed by atoms with Crippen molar-refractivity contribution in [2.45, 2.75) is 11.8 Å². The first-order valence-corrected chi connectivity index (χ1v) is 12.3. The fraction of sp³-hybridized carbons (Fsp3) is 0.0435. The third-order valence-corrected chi connectivity index (χ3v) is 6.98. The number of carbonyl (C=O) groups excluding carboxylic acids is 1. The molecule has 0 saturated heterocycles. The summed E-state index contributed by atoms with van der Waals surface area (Å²) in [5, 5.41) is 15.6. The monoisotopic (exact) mass is 494 g/mol. The van der Waals surface area contributed by atoms with Gasteiger partial charge in [-0.05, 0) is 55.5 Å². The summed E-state index contributed by atoms with van der Waals surface area (Å²) in [6, 6.07) is 18.5. The fourth-order valence-electron chi connectivity index (χ4n) is 3.01. The van der Waals surface area contributed by atoms with Gasteiger partial charge in [0.2, 0.25) is 0 Å². The van der Waals surface area contributed by atoms with Crippen LogP contribution in [0.15, 0.2) is 83.1 Å². The van der Waals surface area contributed by atoms with Gasteiger partial charge in [-0.3, -0.25) is 24.9 Å². The normalized spacial score (nSPS) is 11.1. The van der Waals surface area contributed by atoms with Crippen LogP contribution in [-0.4, -0.2) is 24.2 Å². The Bertz CT molecular complexity index is 1450. The van der Waals surface area contributed by atoms with Crippen LogP contribution in [0.2, 0.25) is 0 Å². The van der Waals surface area contributed by atoms with E-state index in [0.29, 0.717) is 27.6 Å². The van der Waals surface area contributed by atoms with E-state index < -0.39 is 20.9 Å². The van der Waals surface area contributed by atoms with Crippen molar-refractivity contribution in [1.82, 2.24) is 4.98 Å². The van der Waals surface area contributed by atoms with Crippen LogP contribution in [0.25, 0.3) is 11.3 Å². The van der Waals surface area contributed by atoms with E-state index in [1.165, 1.54) is 59.9 Å². The van der Waals surface area contributed by atoms with Crippen molar-refractivity contribution in [2.75, 3.05) is 10.0 Å². The van der Waals surface area contributed by atoms with Gasteiger partial charge in [-0.1, -0.05) is 17.7 Å². The van der Waals surface area contributed by atoms with Crippen LogP contribution in [0.3, 0.4) is 0 Å². The van der Waals surface area contributed by atoms with Crippen LogP contribution >= 0.6 is 11.3 Å². The van der Waals surface area contributed by atoms with E-state index in [1.54, 1.807) is 29.6 Å². The molecule has 1 aromatic heterocycles. The Morgan fingerprint density at radius 1 is 0.971 bits per heavy atom. The molecule has 1 heterocycles. The SMILES string of the molecule is Cc1ccc(S(=O)(=O)Nc2ccc(C(=O)Nc3nc(-c4ccc([N+](=O)[O-])cc4)cs3)cc2)cc1. The highest BCUT2D eigenvalue weighted by molar-refractivity contribution is 7.92. The first kappa shape index (κ1) is 23.1. The van der Waals surface area contributed by atoms with E-state index in [4.69, 9.17) is 0 Å². The molecular formula is C23H18N4O5S2. The molecule has 0 unspecified atom stereocenters. The van der Waals surface area contributed by atoms with Gasteiger partial charge in [0.25, 0.3) is 21.6 Å². The Labute approximate surface area is 199 Å². The Hall–Kier alpha value is -4.09. The third kappa shape index (κ3) is 5.27. The third-order valence-electron chi connectivity index (χ3n) is 4.83. The summed E-state index contributed by atoms with van der Waals surface area (Å²) in [6.07, 6.45) is 0. The zero-order chi connectivity index (χ0) is 24.3. The number of thiazole rings is 1. The molecule has 0 atom stereocenters. The maximum Gasteiger partial charge on any atom is 0.269 e. The zero-order valence-electron chi connectivity index (χ0n) is 17.8. The molecule has 0 aliphatic heterocycles. The van der Waals surface area contributed by atoms with E-state index in [1.807, 2.05) is 6.92 Å². The molecule has 0 aliphatic carbocycles. The van der Waals surface area contributed by atoms with E-state index in [2.05, 4.69) is 15.0 Å². The van der Waals surface area contributed by atoms with Gasteiger partial charge < -0.3 is 0 Å². The number of aryl methyl sites for hydroxylation is 1. The van der Waals surface area contributed by atoms with Crippen LogP contribution in [0.4, 0.5) is 16.5 Å². The molecular weight excluding hydrogens is 476 g/mol. The van der Waals surface area contributed by atoms with Crippen molar-refractivity contribution in [3.63, 3.8) is 0 Å². The largest absolute Gasteiger partial charge is 0.298 e. The number of amides is 1. The molecule has 11 heteroatoms. The van der Waals surface area contributed by atoms with Crippen molar-refractivity contribution >= 4 is 43.8 Å². The number of nitro benzene ring substituents is 1. The number of carbonyl (C=O) groups is 1. The van der Waals surface area contributed by atoms with Crippen molar-refractivity contribution in [1.29, 1.82) is 0 Å². The average Bonchev–Trinajstić information content (AvgIpc) is 3.28. The van der Waals surface area contributed by atoms with E-state index >= 15 is 0 Å². The number of anilines is 2. The maximum absolute atomic E-state index is 12.6. The predicted octanol–water partition coefficient (Wildman–Crippen LogP) is 5.08. The summed E-state index contributed by atoms with van der Waals surface area (Å²) >= 11 is 1.22. The van der Waals surface area contributed by atoms with Crippen LogP contribution < -0.4 is 10.0 Å². The van der Waals surface area contributed by atoms with Crippen LogP contribution in [0.5, 0.6) is 0 Å². The van der Waals surface area contributed by atoms with Gasteiger partial charge in [0.05, 0.1) is 15.5 Å². The van der Waals surface area contributed by atoms with E-state index in [0.717, 1.165) is 5.56 Å². The number of nitrogens with zero attached hydrogens (tertiary/aromatic N) is 2. The lowest BCUT2D eigenvalue weighted by molar-refractivity contribution is -0.384. The van der Waals surface area contributed by atoms with Gasteiger partial charge in [0.1, 0.15) is 0 Å². The van der Waals surface area contributed by atoms with Crippen LogP contribution in [0.1, 0.15) is 15.9 Å². The number of hydrogen-bond acceptors (Lipinski definition) is 7. The summed E-state index contributed by atoms with van der Waals surface area (Å²) in [5.74, 6) is -0.405. The van der Waals surface area contributed by atoms with Gasteiger partial charge in [-0.25, -0.2) is 13.4 Å². The number of hydrogen-bond donors (Lipinski definition) is 2. The zero-order valence-corrected chi connectivity index (χ0v) is 19.4. The molecule has 0 fully saturated rings. The summed E-state index contributed by atoms with van der Waals surface area (Å²) in [4.78, 5) is 27.4. The maximum atomic E-state index is 12.6. The molecule has 2 N–H and O–H groups in total. The summed E-state index contributed by atoms with van der Waals surface area (Å²) in [6.45, 7) is 1.87. The summed E-state index contributed by atoms with van der Waals surface area (Å²) < 4.78 is 27.5. The van der Waals surface area contributed by atoms with Gasteiger partial charge >= 0.3 is 0 Å². The van der Waals surface area contributed by atoms with Gasteiger partial charge in [0, 0.05) is 34.3 Å². The molecule has 0 aliphatic rings. The average molecular weight is 495 g/mol. The molecule has 3 aromatic carbocycles. The molecule has 34 heavy (non-hydrogen) atoms. The second-order valence-corrected chi connectivity index (χ2v) is 9.83. The molecule has 4 aromatic rings. The summed E-state index contributed by atoms with van der Waals surface area (Å²) in [7, 11) is -3.74. The molecule has 0 bridgehead atoms. The lowest BCUT2D eigenvalue weighted by Gasteiger charge is -2.09. The second-order valence-electron chi connectivity index (χ2n) is 7.29. The van der Waals surface area contributed by atoms with Crippen molar-refractivity contribution in [3.05, 3.63) is 99.4 Å². The van der Waals surface area contributed by atoms with Crippen molar-refractivity contribution in [3.8, 4) is 11.3 Å². The number of aromatic nitrogens is 1. The minimum atomic E-state index is -3.74. The smallest absolute Gasteiger partial charge is 0.269 e. The predicted molar refractivity (Wildman–Crippen MR) is 131 cm³/mol. The number of nitro groups is 1.